The lowest BCUT2D eigenvalue weighted by Gasteiger charge is -2.12. The lowest BCUT2D eigenvalue weighted by molar-refractivity contribution is -0.139. The van der Waals surface area contributed by atoms with Crippen LogP contribution in [0.5, 0.6) is 11.5 Å². The Morgan fingerprint density at radius 1 is 1.32 bits per heavy atom. The number of aryl methyl sites for hydroxylation is 1. The standard InChI is InChI=1S/C17H19NO5S2/c1-3-22-13-8-11(6-7-12(13)23-9-14(19)20)5-4-10(2)15-16(21)18-17(24)25-15/h6-8H,3-5,9H2,1-2H3,(H,19,20)(H,18,21,24)/b15-10+. The molecule has 0 spiro atoms. The molecule has 2 N–H and O–H groups in total. The molecule has 25 heavy (non-hydrogen) atoms. The highest BCUT2D eigenvalue weighted by atomic mass is 32.2. The van der Waals surface area contributed by atoms with E-state index in [4.69, 9.17) is 26.8 Å². The van der Waals surface area contributed by atoms with E-state index in [2.05, 4.69) is 5.32 Å². The summed E-state index contributed by atoms with van der Waals surface area (Å²) in [6.45, 7) is 3.80. The van der Waals surface area contributed by atoms with Crippen LogP contribution in [0.3, 0.4) is 0 Å². The number of aliphatic carboxylic acids is 1. The van der Waals surface area contributed by atoms with Crippen LogP contribution in [-0.4, -0.2) is 34.5 Å². The largest absolute Gasteiger partial charge is 0.490 e. The van der Waals surface area contributed by atoms with Crippen LogP contribution in [0.15, 0.2) is 28.7 Å². The highest BCUT2D eigenvalue weighted by Gasteiger charge is 2.24. The molecule has 6 nitrogen and oxygen atoms in total. The van der Waals surface area contributed by atoms with Crippen LogP contribution >= 0.6 is 24.0 Å². The van der Waals surface area contributed by atoms with Gasteiger partial charge in [-0.1, -0.05) is 35.6 Å². The van der Waals surface area contributed by atoms with Crippen LogP contribution < -0.4 is 14.8 Å². The zero-order valence-electron chi connectivity index (χ0n) is 14.0. The minimum atomic E-state index is -1.04. The number of amides is 1. The second-order valence-electron chi connectivity index (χ2n) is 5.35. The van der Waals surface area contributed by atoms with Gasteiger partial charge in [-0.3, -0.25) is 4.79 Å². The quantitative estimate of drug-likeness (QED) is 0.529. The molecule has 1 amide bonds. The first kappa shape index (κ1) is 19.3. The molecule has 1 aromatic carbocycles. The third-order valence-corrected chi connectivity index (χ3v) is 4.83. The minimum Gasteiger partial charge on any atom is -0.490 e. The Balaban J connectivity index is 2.08. The Morgan fingerprint density at radius 2 is 2.08 bits per heavy atom. The SMILES string of the molecule is CCOc1cc(CC/C(C)=C2/SC(=S)NC2=O)ccc1OCC(=O)O. The van der Waals surface area contributed by atoms with Gasteiger partial charge in [0.2, 0.25) is 0 Å². The molecule has 1 saturated heterocycles. The van der Waals surface area contributed by atoms with E-state index in [0.717, 1.165) is 17.6 Å². The lowest BCUT2D eigenvalue weighted by Crippen LogP contribution is -2.18. The van der Waals surface area contributed by atoms with E-state index in [1.54, 1.807) is 6.07 Å². The van der Waals surface area contributed by atoms with Crippen molar-refractivity contribution in [1.29, 1.82) is 0 Å². The van der Waals surface area contributed by atoms with E-state index in [1.165, 1.54) is 11.8 Å². The Labute approximate surface area is 155 Å². The predicted molar refractivity (Wildman–Crippen MR) is 100 cm³/mol. The first-order valence-electron chi connectivity index (χ1n) is 7.74. The zero-order chi connectivity index (χ0) is 18.4. The van der Waals surface area contributed by atoms with Gasteiger partial charge in [0, 0.05) is 0 Å². The number of hydrogen-bond donors (Lipinski definition) is 2. The fourth-order valence-corrected chi connectivity index (χ4v) is 3.37. The second-order valence-corrected chi connectivity index (χ2v) is 7.04. The van der Waals surface area contributed by atoms with Crippen LogP contribution in [0, 0.1) is 0 Å². The molecule has 1 aliphatic rings. The molecule has 8 heteroatoms. The third kappa shape index (κ3) is 5.47. The van der Waals surface area contributed by atoms with Crippen molar-refractivity contribution in [1.82, 2.24) is 5.32 Å². The molecule has 0 bridgehead atoms. The maximum absolute atomic E-state index is 11.8. The number of ether oxygens (including phenoxy) is 2. The number of thioether (sulfide) groups is 1. The number of carboxylic acid groups (broad SMARTS) is 1. The molecule has 0 radical (unpaired) electrons. The number of rotatable bonds is 8. The molecule has 0 unspecified atom stereocenters. The normalized spacial score (nSPS) is 15.8. The van der Waals surface area contributed by atoms with Gasteiger partial charge in [0.1, 0.15) is 4.32 Å². The fourth-order valence-electron chi connectivity index (χ4n) is 2.28. The van der Waals surface area contributed by atoms with Crippen LogP contribution in [-0.2, 0) is 16.0 Å². The second kappa shape index (κ2) is 8.87. The molecule has 1 aromatic rings. The van der Waals surface area contributed by atoms with E-state index in [0.29, 0.717) is 33.8 Å². The first-order valence-corrected chi connectivity index (χ1v) is 8.96. The molecule has 134 valence electrons. The van der Waals surface area contributed by atoms with Crippen molar-refractivity contribution in [2.45, 2.75) is 26.7 Å². The monoisotopic (exact) mass is 381 g/mol. The fraction of sp³-hybridized carbons (Fsp3) is 0.353. The average Bonchev–Trinajstić information content (AvgIpc) is 2.90. The number of hydrogen-bond acceptors (Lipinski definition) is 6. The number of benzene rings is 1. The van der Waals surface area contributed by atoms with Crippen molar-refractivity contribution in [2.24, 2.45) is 0 Å². The number of thiocarbonyl (C=S) groups is 1. The summed E-state index contributed by atoms with van der Waals surface area (Å²) in [6, 6.07) is 5.41. The van der Waals surface area contributed by atoms with Gasteiger partial charge in [0.25, 0.3) is 5.91 Å². The summed E-state index contributed by atoms with van der Waals surface area (Å²) in [5.41, 5.74) is 1.99. The van der Waals surface area contributed by atoms with Crippen LogP contribution in [0.4, 0.5) is 0 Å². The van der Waals surface area contributed by atoms with Crippen molar-refractivity contribution >= 4 is 40.2 Å². The Kier molecular flexibility index (Phi) is 6.83. The van der Waals surface area contributed by atoms with Crippen molar-refractivity contribution in [3.8, 4) is 11.5 Å². The highest BCUT2D eigenvalue weighted by Crippen LogP contribution is 2.31. The Hall–Kier alpha value is -2.06. The minimum absolute atomic E-state index is 0.139. The summed E-state index contributed by atoms with van der Waals surface area (Å²) in [6.07, 6.45) is 1.43. The zero-order valence-corrected chi connectivity index (χ0v) is 15.6. The molecular weight excluding hydrogens is 362 g/mol. The number of carboxylic acids is 1. The lowest BCUT2D eigenvalue weighted by atomic mass is 10.0. The first-order chi connectivity index (χ1) is 11.9. The summed E-state index contributed by atoms with van der Waals surface area (Å²) >= 11 is 6.29. The van der Waals surface area contributed by atoms with Gasteiger partial charge in [0.05, 0.1) is 11.5 Å². The Morgan fingerprint density at radius 3 is 2.68 bits per heavy atom. The molecule has 0 atom stereocenters. The molecule has 0 aromatic heterocycles. The maximum atomic E-state index is 11.8. The number of allylic oxidation sites excluding steroid dienone is 1. The molecule has 0 saturated carbocycles. The summed E-state index contributed by atoms with van der Waals surface area (Å²) in [4.78, 5) is 23.1. The van der Waals surface area contributed by atoms with Gasteiger partial charge in [-0.25, -0.2) is 4.79 Å². The van der Waals surface area contributed by atoms with Gasteiger partial charge in [-0.2, -0.15) is 0 Å². The van der Waals surface area contributed by atoms with Crippen LogP contribution in [0.2, 0.25) is 0 Å². The summed E-state index contributed by atoms with van der Waals surface area (Å²) in [7, 11) is 0. The van der Waals surface area contributed by atoms with Crippen molar-refractivity contribution < 1.29 is 24.2 Å². The molecule has 1 aliphatic heterocycles. The molecular formula is C17H19NO5S2. The topological polar surface area (TPSA) is 84.9 Å². The summed E-state index contributed by atoms with van der Waals surface area (Å²) in [5, 5.41) is 11.3. The van der Waals surface area contributed by atoms with E-state index < -0.39 is 12.6 Å². The molecule has 2 rings (SSSR count). The van der Waals surface area contributed by atoms with E-state index in [9.17, 15) is 9.59 Å². The van der Waals surface area contributed by atoms with Gasteiger partial charge in [-0.05, 0) is 44.4 Å². The van der Waals surface area contributed by atoms with Crippen molar-refractivity contribution in [3.05, 3.63) is 34.2 Å². The smallest absolute Gasteiger partial charge is 0.341 e. The van der Waals surface area contributed by atoms with E-state index in [1.807, 2.05) is 26.0 Å². The van der Waals surface area contributed by atoms with E-state index >= 15 is 0 Å². The van der Waals surface area contributed by atoms with Gasteiger partial charge >= 0.3 is 5.97 Å². The van der Waals surface area contributed by atoms with Crippen molar-refractivity contribution in [3.63, 3.8) is 0 Å². The highest BCUT2D eigenvalue weighted by molar-refractivity contribution is 8.26. The summed E-state index contributed by atoms with van der Waals surface area (Å²) < 4.78 is 11.3. The molecule has 1 fully saturated rings. The average molecular weight is 381 g/mol. The van der Waals surface area contributed by atoms with E-state index in [-0.39, 0.29) is 5.91 Å². The van der Waals surface area contributed by atoms with Crippen LogP contribution in [0.1, 0.15) is 25.8 Å². The number of carbonyl (C=O) groups excluding carboxylic acids is 1. The number of nitrogens with one attached hydrogen (secondary N) is 1. The predicted octanol–water partition coefficient (Wildman–Crippen LogP) is 2.90. The van der Waals surface area contributed by atoms with Gasteiger partial charge < -0.3 is 19.9 Å². The number of carbonyl (C=O) groups is 2. The van der Waals surface area contributed by atoms with Gasteiger partial charge in [0.15, 0.2) is 18.1 Å². The maximum Gasteiger partial charge on any atom is 0.341 e. The molecule has 0 aliphatic carbocycles. The van der Waals surface area contributed by atoms with Crippen LogP contribution in [0.25, 0.3) is 0 Å². The van der Waals surface area contributed by atoms with Gasteiger partial charge in [-0.15, -0.1) is 0 Å². The Bertz CT molecular complexity index is 730. The molecule has 1 heterocycles. The van der Waals surface area contributed by atoms with Crippen molar-refractivity contribution in [2.75, 3.05) is 13.2 Å². The summed E-state index contributed by atoms with van der Waals surface area (Å²) in [5.74, 6) is -0.265. The third-order valence-electron chi connectivity index (χ3n) is 3.45.